The van der Waals surface area contributed by atoms with Crippen LogP contribution in [0.5, 0.6) is 0 Å². The molecule has 0 bridgehead atoms. The third kappa shape index (κ3) is 2.89. The number of nitrogen functional groups attached to an aromatic ring is 1. The molecule has 0 unspecified atom stereocenters. The molecule has 0 amide bonds. The lowest BCUT2D eigenvalue weighted by atomic mass is 9.92. The van der Waals surface area contributed by atoms with Gasteiger partial charge in [0.2, 0.25) is 0 Å². The second-order valence-electron chi connectivity index (χ2n) is 7.32. The molecule has 3 rings (SSSR count). The normalized spacial score (nSPS) is 14.5. The topological polar surface area (TPSA) is 97.2 Å². The summed E-state index contributed by atoms with van der Waals surface area (Å²) in [7, 11) is 0. The molecular formula is C18H28N4O2. The van der Waals surface area contributed by atoms with Gasteiger partial charge in [0.05, 0.1) is 18.7 Å². The molecule has 0 spiro atoms. The first-order valence-electron chi connectivity index (χ1n) is 8.91. The molecule has 2 aromatic heterocycles. The highest BCUT2D eigenvalue weighted by atomic mass is 16.3. The van der Waals surface area contributed by atoms with Crippen molar-refractivity contribution < 1.29 is 10.2 Å². The Morgan fingerprint density at radius 3 is 2.62 bits per heavy atom. The maximum absolute atomic E-state index is 9.74. The lowest BCUT2D eigenvalue weighted by Gasteiger charge is -2.27. The summed E-state index contributed by atoms with van der Waals surface area (Å²) in [5.41, 5.74) is 9.76. The van der Waals surface area contributed by atoms with Crippen molar-refractivity contribution in [3.63, 3.8) is 0 Å². The highest BCUT2D eigenvalue weighted by Gasteiger charge is 2.29. The van der Waals surface area contributed by atoms with Crippen LogP contribution in [0, 0.1) is 5.41 Å². The molecule has 0 fully saturated rings. The minimum absolute atomic E-state index is 0.0703. The third-order valence-electron chi connectivity index (χ3n) is 5.08. The molecule has 2 heterocycles. The molecule has 4 N–H and O–H groups in total. The Kier molecular flexibility index (Phi) is 4.78. The average Bonchev–Trinajstić information content (AvgIpc) is 3.17. The van der Waals surface area contributed by atoms with E-state index in [0.717, 1.165) is 61.1 Å². The van der Waals surface area contributed by atoms with Gasteiger partial charge in [0.25, 0.3) is 0 Å². The van der Waals surface area contributed by atoms with Crippen LogP contribution in [0.25, 0.3) is 11.0 Å². The molecule has 0 radical (unpaired) electrons. The molecule has 24 heavy (non-hydrogen) atoms. The molecule has 0 atom stereocenters. The van der Waals surface area contributed by atoms with Gasteiger partial charge in [-0.25, -0.2) is 9.97 Å². The Morgan fingerprint density at radius 2 is 1.96 bits per heavy atom. The molecule has 0 saturated carbocycles. The van der Waals surface area contributed by atoms with Gasteiger partial charge < -0.3 is 20.5 Å². The quantitative estimate of drug-likeness (QED) is 0.719. The fourth-order valence-corrected chi connectivity index (χ4v) is 3.52. The monoisotopic (exact) mass is 332 g/mol. The number of hydrogen-bond donors (Lipinski definition) is 3. The summed E-state index contributed by atoms with van der Waals surface area (Å²) in [6.07, 6.45) is 6.05. The summed E-state index contributed by atoms with van der Waals surface area (Å²) in [5.74, 6) is 1.48. The van der Waals surface area contributed by atoms with Crippen LogP contribution in [-0.2, 0) is 25.8 Å². The number of aromatic nitrogens is 3. The van der Waals surface area contributed by atoms with E-state index in [2.05, 4.69) is 16.5 Å². The predicted molar refractivity (Wildman–Crippen MR) is 94.9 cm³/mol. The summed E-state index contributed by atoms with van der Waals surface area (Å²) in [6, 6.07) is 0. The summed E-state index contributed by atoms with van der Waals surface area (Å²) in [6.45, 7) is 4.45. The van der Waals surface area contributed by atoms with Gasteiger partial charge in [-0.15, -0.1) is 0 Å². The lowest BCUT2D eigenvalue weighted by Crippen LogP contribution is -2.32. The number of nitrogens with zero attached hydrogens (tertiary/aromatic N) is 3. The van der Waals surface area contributed by atoms with E-state index in [1.807, 2.05) is 6.92 Å². The largest absolute Gasteiger partial charge is 0.396 e. The predicted octanol–water partition coefficient (Wildman–Crippen LogP) is 1.84. The average molecular weight is 332 g/mol. The fraction of sp³-hybridized carbons (Fsp3) is 0.667. The minimum Gasteiger partial charge on any atom is -0.396 e. The van der Waals surface area contributed by atoms with Gasteiger partial charge in [0.15, 0.2) is 5.82 Å². The van der Waals surface area contributed by atoms with Crippen LogP contribution >= 0.6 is 0 Å². The summed E-state index contributed by atoms with van der Waals surface area (Å²) >= 11 is 0. The van der Waals surface area contributed by atoms with Crippen LogP contribution in [0.3, 0.4) is 0 Å². The van der Waals surface area contributed by atoms with Crippen LogP contribution in [-0.4, -0.2) is 38.0 Å². The Balaban J connectivity index is 2.19. The number of rotatable bonds is 7. The second kappa shape index (κ2) is 6.69. The molecule has 0 saturated heterocycles. The number of aliphatic hydroxyl groups excluding tert-OH is 2. The Labute approximate surface area is 142 Å². The number of imidazole rings is 1. The van der Waals surface area contributed by atoms with E-state index in [4.69, 9.17) is 10.7 Å². The Hall–Kier alpha value is -1.66. The maximum atomic E-state index is 9.74. The van der Waals surface area contributed by atoms with Gasteiger partial charge in [-0.3, -0.25) is 0 Å². The first kappa shape index (κ1) is 17.2. The first-order chi connectivity index (χ1) is 11.5. The van der Waals surface area contributed by atoms with E-state index in [9.17, 15) is 10.2 Å². The van der Waals surface area contributed by atoms with Gasteiger partial charge in [0, 0.05) is 24.1 Å². The standard InChI is InChI=1S/C18H28N4O2/c1-3-4-8-14-21-15-16(22(14)9-18(2,10-23)11-24)12-6-5-7-13(12)20-17(15)19/h23-24H,3-11H2,1-2H3,(H2,19,20). The molecule has 6 nitrogen and oxygen atoms in total. The van der Waals surface area contributed by atoms with Crippen molar-refractivity contribution in [1.82, 2.24) is 14.5 Å². The summed E-state index contributed by atoms with van der Waals surface area (Å²) < 4.78 is 2.18. The van der Waals surface area contributed by atoms with E-state index in [0.29, 0.717) is 12.4 Å². The minimum atomic E-state index is -0.585. The zero-order chi connectivity index (χ0) is 17.3. The number of hydrogen-bond acceptors (Lipinski definition) is 5. The van der Waals surface area contributed by atoms with Crippen molar-refractivity contribution in [3.05, 3.63) is 17.1 Å². The molecule has 2 aromatic rings. The Bertz CT molecular complexity index is 734. The van der Waals surface area contributed by atoms with E-state index < -0.39 is 5.41 Å². The zero-order valence-electron chi connectivity index (χ0n) is 14.7. The number of fused-ring (bicyclic) bond motifs is 3. The molecule has 1 aliphatic carbocycles. The number of anilines is 1. The van der Waals surface area contributed by atoms with Crippen molar-refractivity contribution in [3.8, 4) is 0 Å². The number of nitrogens with two attached hydrogens (primary N) is 1. The van der Waals surface area contributed by atoms with E-state index in [1.54, 1.807) is 0 Å². The lowest BCUT2D eigenvalue weighted by molar-refractivity contribution is 0.0556. The number of pyridine rings is 1. The van der Waals surface area contributed by atoms with E-state index in [1.165, 1.54) is 5.56 Å². The van der Waals surface area contributed by atoms with Gasteiger partial charge in [-0.2, -0.15) is 0 Å². The second-order valence-corrected chi connectivity index (χ2v) is 7.32. The zero-order valence-corrected chi connectivity index (χ0v) is 14.7. The van der Waals surface area contributed by atoms with Gasteiger partial charge in [-0.05, 0) is 31.2 Å². The van der Waals surface area contributed by atoms with Crippen molar-refractivity contribution >= 4 is 16.9 Å². The SMILES string of the molecule is CCCCc1nc2c(N)nc3c(c2n1CC(C)(CO)CO)CCC3. The summed E-state index contributed by atoms with van der Waals surface area (Å²) in [5, 5.41) is 19.5. The van der Waals surface area contributed by atoms with Crippen molar-refractivity contribution in [2.24, 2.45) is 5.41 Å². The number of aryl methyl sites for hydroxylation is 3. The van der Waals surface area contributed by atoms with Gasteiger partial charge in [0.1, 0.15) is 11.3 Å². The summed E-state index contributed by atoms with van der Waals surface area (Å²) in [4.78, 5) is 9.35. The van der Waals surface area contributed by atoms with Crippen LogP contribution in [0.2, 0.25) is 0 Å². The smallest absolute Gasteiger partial charge is 0.151 e. The Morgan fingerprint density at radius 1 is 1.21 bits per heavy atom. The molecule has 0 aliphatic heterocycles. The van der Waals surface area contributed by atoms with Crippen LogP contribution in [0.15, 0.2) is 0 Å². The van der Waals surface area contributed by atoms with Crippen molar-refractivity contribution in [2.45, 2.75) is 58.9 Å². The molecular weight excluding hydrogens is 304 g/mol. The highest BCUT2D eigenvalue weighted by Crippen LogP contribution is 2.34. The van der Waals surface area contributed by atoms with Gasteiger partial charge in [-0.1, -0.05) is 20.3 Å². The van der Waals surface area contributed by atoms with E-state index >= 15 is 0 Å². The number of unbranched alkanes of at least 4 members (excludes halogenated alkanes) is 1. The maximum Gasteiger partial charge on any atom is 0.151 e. The molecule has 6 heteroatoms. The third-order valence-corrected chi connectivity index (χ3v) is 5.08. The van der Waals surface area contributed by atoms with Gasteiger partial charge >= 0.3 is 0 Å². The first-order valence-corrected chi connectivity index (χ1v) is 8.91. The van der Waals surface area contributed by atoms with Crippen LogP contribution < -0.4 is 5.73 Å². The molecule has 0 aromatic carbocycles. The fourth-order valence-electron chi connectivity index (χ4n) is 3.52. The van der Waals surface area contributed by atoms with Crippen molar-refractivity contribution in [1.29, 1.82) is 0 Å². The van der Waals surface area contributed by atoms with Crippen LogP contribution in [0.4, 0.5) is 5.82 Å². The van der Waals surface area contributed by atoms with Crippen LogP contribution in [0.1, 0.15) is 50.2 Å². The number of aliphatic hydroxyl groups is 2. The molecule has 132 valence electrons. The van der Waals surface area contributed by atoms with Crippen molar-refractivity contribution in [2.75, 3.05) is 18.9 Å². The molecule has 1 aliphatic rings. The highest BCUT2D eigenvalue weighted by molar-refractivity contribution is 5.89. The van der Waals surface area contributed by atoms with E-state index in [-0.39, 0.29) is 13.2 Å².